The van der Waals surface area contributed by atoms with Crippen LogP contribution in [0, 0.1) is 11.8 Å². The van der Waals surface area contributed by atoms with Crippen LogP contribution in [0.5, 0.6) is 5.75 Å². The first-order chi connectivity index (χ1) is 16.8. The Hall–Kier alpha value is -3.61. The van der Waals surface area contributed by atoms with Crippen molar-refractivity contribution in [2.45, 2.75) is 24.5 Å². The molecule has 0 bridgehead atoms. The van der Waals surface area contributed by atoms with Gasteiger partial charge in [0.05, 0.1) is 24.4 Å². The van der Waals surface area contributed by atoms with Crippen LogP contribution < -0.4 is 10.2 Å². The quantitative estimate of drug-likeness (QED) is 0.279. The molecule has 0 aromatic heterocycles. The van der Waals surface area contributed by atoms with Gasteiger partial charge in [0.2, 0.25) is 5.78 Å². The summed E-state index contributed by atoms with van der Waals surface area (Å²) >= 11 is 6.12. The molecule has 36 heavy (non-hydrogen) atoms. The second-order valence-corrected chi connectivity index (χ2v) is 9.51. The molecule has 6 N–H and O–H groups in total. The molecular formula is C23H24ClN3O9. The number of halogens is 1. The normalized spacial score (nSPS) is 27.4. The van der Waals surface area contributed by atoms with Crippen molar-refractivity contribution in [3.05, 3.63) is 40.2 Å². The first-order valence-electron chi connectivity index (χ1n) is 10.8. The number of phenolic OH excluding ortho intramolecular Hbond substituents is 1. The van der Waals surface area contributed by atoms with E-state index in [0.717, 1.165) is 13.2 Å². The molecule has 1 saturated carbocycles. The minimum atomic E-state index is -2.73. The van der Waals surface area contributed by atoms with Crippen LogP contribution in [-0.4, -0.2) is 81.7 Å². The number of aliphatic hydroxyl groups excluding tert-OH is 2. The van der Waals surface area contributed by atoms with Gasteiger partial charge in [-0.3, -0.25) is 19.3 Å². The van der Waals surface area contributed by atoms with Crippen molar-refractivity contribution in [1.82, 2.24) is 4.90 Å². The molecule has 4 rings (SSSR count). The Morgan fingerprint density at radius 3 is 2.39 bits per heavy atom. The highest BCUT2D eigenvalue weighted by atomic mass is 35.5. The fraction of sp³-hybridized carbons (Fsp3) is 0.391. The average Bonchev–Trinajstić information content (AvgIpc) is 2.80. The van der Waals surface area contributed by atoms with Gasteiger partial charge in [-0.25, -0.2) is 4.79 Å². The molecule has 4 atom stereocenters. The summed E-state index contributed by atoms with van der Waals surface area (Å²) < 4.78 is 5.28. The van der Waals surface area contributed by atoms with E-state index in [2.05, 4.69) is 4.74 Å². The molecule has 0 spiro atoms. The Balaban J connectivity index is 1.97. The molecule has 0 radical (unpaired) electrons. The molecule has 13 heteroatoms. The number of primary amides is 1. The number of phenols is 1. The number of aliphatic hydroxyl groups is 3. The van der Waals surface area contributed by atoms with Gasteiger partial charge in [-0.05, 0) is 50.6 Å². The van der Waals surface area contributed by atoms with Crippen LogP contribution in [0.1, 0.15) is 17.5 Å². The van der Waals surface area contributed by atoms with E-state index in [0.29, 0.717) is 4.42 Å². The highest BCUT2D eigenvalue weighted by Gasteiger charge is 2.64. The number of ether oxygens (including phenoxy) is 1. The van der Waals surface area contributed by atoms with Gasteiger partial charge in [0.1, 0.15) is 22.8 Å². The summed E-state index contributed by atoms with van der Waals surface area (Å²) in [7, 11) is 4.12. The number of methoxy groups -OCH3 is 1. The summed E-state index contributed by atoms with van der Waals surface area (Å²) in [4.78, 5) is 52.3. The highest BCUT2D eigenvalue weighted by molar-refractivity contribution is 6.35. The van der Waals surface area contributed by atoms with Crippen LogP contribution in [0.4, 0.5) is 10.5 Å². The number of Topliss-reactive ketones (excluding diaryl/α,β-unsaturated/α-hetero) is 2. The number of rotatable bonds is 3. The fourth-order valence-electron chi connectivity index (χ4n) is 5.59. The highest BCUT2D eigenvalue weighted by Crippen LogP contribution is 2.53. The van der Waals surface area contributed by atoms with Crippen LogP contribution in [0.15, 0.2) is 29.0 Å². The molecular weight excluding hydrogens is 498 g/mol. The van der Waals surface area contributed by atoms with Gasteiger partial charge in [0.25, 0.3) is 5.91 Å². The largest absolute Gasteiger partial charge is 0.508 e. The van der Waals surface area contributed by atoms with Crippen molar-refractivity contribution in [1.29, 1.82) is 0 Å². The smallest absolute Gasteiger partial charge is 0.429 e. The molecule has 1 aromatic carbocycles. The van der Waals surface area contributed by atoms with E-state index in [1.807, 2.05) is 0 Å². The Bertz CT molecular complexity index is 1290. The van der Waals surface area contributed by atoms with Gasteiger partial charge in [0.15, 0.2) is 11.4 Å². The second kappa shape index (κ2) is 8.50. The average molecular weight is 522 g/mol. The van der Waals surface area contributed by atoms with Crippen LogP contribution in [0.3, 0.4) is 0 Å². The fourth-order valence-corrected chi connectivity index (χ4v) is 5.82. The van der Waals surface area contributed by atoms with Crippen molar-refractivity contribution in [2.75, 3.05) is 25.6 Å². The SMILES string of the molecule is COC(=O)N(Cl)c1ccc(O)c2c1CC1CC3C(N(C)C)C(=O)C(C(N)=O)=C(O)C3(O)C(=O)C1=C2O. The number of likely N-dealkylation sites (N-methyl/N-ethyl adjacent to an activating group) is 1. The number of ketones is 2. The predicted octanol–water partition coefficient (Wildman–Crippen LogP) is 0.691. The maximum atomic E-state index is 13.7. The van der Waals surface area contributed by atoms with E-state index in [9.17, 15) is 39.6 Å². The zero-order chi connectivity index (χ0) is 26.9. The molecule has 0 saturated heterocycles. The van der Waals surface area contributed by atoms with Crippen molar-refractivity contribution in [3.8, 4) is 5.75 Å². The van der Waals surface area contributed by atoms with Gasteiger partial charge < -0.3 is 30.9 Å². The van der Waals surface area contributed by atoms with E-state index in [1.165, 1.54) is 25.1 Å². The number of benzene rings is 1. The Morgan fingerprint density at radius 2 is 1.83 bits per heavy atom. The molecule has 1 fully saturated rings. The van der Waals surface area contributed by atoms with E-state index >= 15 is 0 Å². The lowest BCUT2D eigenvalue weighted by molar-refractivity contribution is -0.153. The van der Waals surface area contributed by atoms with Gasteiger partial charge >= 0.3 is 6.09 Å². The minimum absolute atomic E-state index is 0.0293. The maximum Gasteiger partial charge on any atom is 0.429 e. The first kappa shape index (κ1) is 25.5. The first-order valence-corrected chi connectivity index (χ1v) is 11.2. The third kappa shape index (κ3) is 3.29. The van der Waals surface area contributed by atoms with Crippen LogP contribution in [0.2, 0.25) is 0 Å². The van der Waals surface area contributed by atoms with Crippen molar-refractivity contribution in [3.63, 3.8) is 0 Å². The number of carbonyl (C=O) groups excluding carboxylic acids is 4. The number of nitrogens with zero attached hydrogens (tertiary/aromatic N) is 2. The summed E-state index contributed by atoms with van der Waals surface area (Å²) in [5.41, 5.74) is 1.46. The topological polar surface area (TPSA) is 191 Å². The minimum Gasteiger partial charge on any atom is -0.508 e. The van der Waals surface area contributed by atoms with Gasteiger partial charge in [-0.1, -0.05) is 0 Å². The number of hydrogen-bond donors (Lipinski definition) is 5. The number of amides is 2. The predicted molar refractivity (Wildman–Crippen MR) is 125 cm³/mol. The van der Waals surface area contributed by atoms with Crippen molar-refractivity contribution < 1.29 is 44.3 Å². The number of nitrogens with two attached hydrogens (primary N) is 1. The molecule has 192 valence electrons. The summed E-state index contributed by atoms with van der Waals surface area (Å²) in [5.74, 6) is -7.63. The number of fused-ring (bicyclic) bond motifs is 3. The number of aromatic hydroxyl groups is 1. The van der Waals surface area contributed by atoms with Crippen molar-refractivity contribution >= 4 is 46.8 Å². The molecule has 4 unspecified atom stereocenters. The lowest BCUT2D eigenvalue weighted by Gasteiger charge is -2.50. The second-order valence-electron chi connectivity index (χ2n) is 9.17. The molecule has 1 aromatic rings. The van der Waals surface area contributed by atoms with Crippen LogP contribution >= 0.6 is 11.8 Å². The molecule has 12 nitrogen and oxygen atoms in total. The van der Waals surface area contributed by atoms with E-state index < -0.39 is 69.9 Å². The Labute approximate surface area is 209 Å². The van der Waals surface area contributed by atoms with Crippen LogP contribution in [0.25, 0.3) is 5.76 Å². The van der Waals surface area contributed by atoms with Gasteiger partial charge in [0, 0.05) is 23.3 Å². The van der Waals surface area contributed by atoms with E-state index in [1.54, 1.807) is 0 Å². The van der Waals surface area contributed by atoms with Gasteiger partial charge in [-0.2, -0.15) is 4.42 Å². The molecule has 0 heterocycles. The lowest BCUT2D eigenvalue weighted by atomic mass is 9.57. The Morgan fingerprint density at radius 1 is 1.19 bits per heavy atom. The molecule has 0 aliphatic heterocycles. The summed E-state index contributed by atoms with van der Waals surface area (Å²) in [6.45, 7) is 0. The number of anilines is 1. The Kier molecular flexibility index (Phi) is 6.02. The summed E-state index contributed by atoms with van der Waals surface area (Å²) in [6.07, 6.45) is -1.06. The monoisotopic (exact) mass is 521 g/mol. The zero-order valence-corrected chi connectivity index (χ0v) is 20.2. The lowest BCUT2D eigenvalue weighted by Crippen LogP contribution is -2.65. The summed E-state index contributed by atoms with van der Waals surface area (Å²) in [6, 6.07) is 1.28. The molecule has 2 amide bonds. The third-order valence-electron chi connectivity index (χ3n) is 7.13. The molecule has 3 aliphatic rings. The number of hydrogen-bond acceptors (Lipinski definition) is 10. The van der Waals surface area contributed by atoms with Crippen molar-refractivity contribution in [2.24, 2.45) is 17.6 Å². The zero-order valence-electron chi connectivity index (χ0n) is 19.5. The van der Waals surface area contributed by atoms with E-state index in [4.69, 9.17) is 17.5 Å². The van der Waals surface area contributed by atoms with E-state index in [-0.39, 0.29) is 35.2 Å². The van der Waals surface area contributed by atoms with Crippen LogP contribution in [-0.2, 0) is 25.5 Å². The summed E-state index contributed by atoms with van der Waals surface area (Å²) in [5, 5.41) is 44.0. The van der Waals surface area contributed by atoms with Gasteiger partial charge in [-0.15, -0.1) is 0 Å². The maximum absolute atomic E-state index is 13.7. The number of carbonyl (C=O) groups is 4. The standard InChI is InChI=1S/C23H24ClN3O9/c1-26(2)16-10-7-8-6-9-11(27(24)22(34)36-3)4-5-12(28)14(9)17(29)13(8)19(31)23(10,35)20(32)15(18(16)30)21(25)33/h4-5,8,10,16,28-29,32,35H,6-7H2,1-3H3,(H2,25,33). The third-order valence-corrected chi connectivity index (χ3v) is 7.45. The molecule has 3 aliphatic carbocycles.